The van der Waals surface area contributed by atoms with Crippen LogP contribution in [-0.2, 0) is 19.7 Å². The summed E-state index contributed by atoms with van der Waals surface area (Å²) in [5.74, 6) is 1.34. The van der Waals surface area contributed by atoms with Crippen molar-refractivity contribution in [3.05, 3.63) is 83.1 Å². The number of ether oxygens (including phenoxy) is 1. The number of carbonyl (C=O) groups excluding carboxylic acids is 4. The number of rotatable bonds is 6. The fourth-order valence-electron chi connectivity index (χ4n) is 8.03. The molecule has 5 aliphatic rings. The van der Waals surface area contributed by atoms with Gasteiger partial charge < -0.3 is 9.15 Å². The first kappa shape index (κ1) is 26.4. The number of hydrogen-bond donors (Lipinski definition) is 1. The van der Waals surface area contributed by atoms with Gasteiger partial charge in [-0.3, -0.25) is 14.9 Å². The van der Waals surface area contributed by atoms with Gasteiger partial charge in [0.1, 0.15) is 17.1 Å². The third-order valence-corrected chi connectivity index (χ3v) is 9.47. The molecule has 8 rings (SSSR count). The monoisotopic (exact) mass is 564 g/mol. The number of esters is 1. The summed E-state index contributed by atoms with van der Waals surface area (Å²) in [6, 6.07) is 17.1. The maximum atomic E-state index is 13.5. The third-order valence-electron chi connectivity index (χ3n) is 9.47. The average Bonchev–Trinajstić information content (AvgIpc) is 3.44. The zero-order chi connectivity index (χ0) is 29.0. The highest BCUT2D eigenvalue weighted by molar-refractivity contribution is 6.39. The molecule has 42 heavy (non-hydrogen) atoms. The van der Waals surface area contributed by atoms with E-state index in [1.807, 2.05) is 12.1 Å². The molecule has 1 aliphatic heterocycles. The van der Waals surface area contributed by atoms with E-state index in [0.717, 1.165) is 22.7 Å². The summed E-state index contributed by atoms with van der Waals surface area (Å²) in [6.45, 7) is 2.04. The van der Waals surface area contributed by atoms with Crippen LogP contribution in [0.3, 0.4) is 0 Å². The summed E-state index contributed by atoms with van der Waals surface area (Å²) in [4.78, 5) is 51.9. The topological polar surface area (TPSA) is 106 Å². The Balaban J connectivity index is 1.11. The van der Waals surface area contributed by atoms with Crippen molar-refractivity contribution in [1.29, 1.82) is 0 Å². The molecule has 4 aliphatic carbocycles. The molecule has 0 atom stereocenters. The molecule has 1 N–H and O–H groups in total. The molecule has 4 bridgehead atoms. The molecule has 1 saturated heterocycles. The number of nitrogens with zero attached hydrogens (tertiary/aromatic N) is 1. The second-order valence-corrected chi connectivity index (χ2v) is 12.2. The first-order valence-electron chi connectivity index (χ1n) is 14.7. The van der Waals surface area contributed by atoms with E-state index in [9.17, 15) is 19.2 Å². The van der Waals surface area contributed by atoms with Crippen molar-refractivity contribution in [2.75, 3.05) is 11.5 Å². The summed E-state index contributed by atoms with van der Waals surface area (Å²) < 4.78 is 10.9. The summed E-state index contributed by atoms with van der Waals surface area (Å²) >= 11 is 0. The number of imide groups is 2. The van der Waals surface area contributed by atoms with Gasteiger partial charge in [0, 0.05) is 5.56 Å². The molecule has 3 aromatic rings. The van der Waals surface area contributed by atoms with Gasteiger partial charge in [0.2, 0.25) is 0 Å². The first-order valence-corrected chi connectivity index (χ1v) is 14.7. The molecule has 4 amide bonds. The molecule has 0 spiro atoms. The zero-order valence-corrected chi connectivity index (χ0v) is 23.4. The van der Waals surface area contributed by atoms with Crippen molar-refractivity contribution in [3.63, 3.8) is 0 Å². The van der Waals surface area contributed by atoms with Crippen LogP contribution in [0.5, 0.6) is 0 Å². The van der Waals surface area contributed by atoms with Crippen LogP contribution in [0.2, 0.25) is 0 Å². The van der Waals surface area contributed by atoms with Gasteiger partial charge in [-0.15, -0.1) is 0 Å². The lowest BCUT2D eigenvalue weighted by Gasteiger charge is -2.57. The summed E-state index contributed by atoms with van der Waals surface area (Å²) in [5.41, 5.74) is 2.86. The van der Waals surface area contributed by atoms with Gasteiger partial charge in [-0.2, -0.15) is 0 Å². The molecular weight excluding hydrogens is 532 g/mol. The summed E-state index contributed by atoms with van der Waals surface area (Å²) in [6.07, 6.45) is 9.11. The Labute approximate surface area is 243 Å². The van der Waals surface area contributed by atoms with Gasteiger partial charge in [-0.1, -0.05) is 24.3 Å². The van der Waals surface area contributed by atoms with E-state index in [-0.39, 0.29) is 16.7 Å². The van der Waals surface area contributed by atoms with Crippen LogP contribution in [0.15, 0.2) is 70.7 Å². The Morgan fingerprint density at radius 1 is 0.929 bits per heavy atom. The predicted octanol–water partition coefficient (Wildman–Crippen LogP) is 6.26. The number of amides is 4. The molecule has 8 nitrogen and oxygen atoms in total. The molecule has 214 valence electrons. The van der Waals surface area contributed by atoms with Crippen LogP contribution < -0.4 is 10.2 Å². The molecule has 5 fully saturated rings. The Bertz CT molecular complexity index is 1580. The maximum Gasteiger partial charge on any atom is 0.338 e. The van der Waals surface area contributed by atoms with Crippen LogP contribution in [0.4, 0.5) is 10.5 Å². The second kappa shape index (κ2) is 10.1. The largest absolute Gasteiger partial charge is 0.462 e. The van der Waals surface area contributed by atoms with Crippen LogP contribution in [0.1, 0.15) is 67.1 Å². The normalized spacial score (nSPS) is 27.5. The van der Waals surface area contributed by atoms with Gasteiger partial charge in [0.15, 0.2) is 0 Å². The predicted molar refractivity (Wildman–Crippen MR) is 155 cm³/mol. The minimum atomic E-state index is -0.775. The first-order chi connectivity index (χ1) is 20.3. The van der Waals surface area contributed by atoms with Crippen molar-refractivity contribution < 1.29 is 28.3 Å². The molecule has 8 heteroatoms. The standard InChI is InChI=1S/C34H32N2O6/c1-2-41-32(39)24-5-3-23(4-6-24)29-12-11-27(42-29)16-28-30(37)35-33(40)36(31(28)38)26-9-7-25(8-10-26)34-17-20-13-21(18-34)15-22(14-20)19-34/h3-12,16,20-22H,2,13-15,17-19H2,1H3,(H,35,37,40)/b28-16+. The quantitative estimate of drug-likeness (QED) is 0.215. The van der Waals surface area contributed by atoms with E-state index in [4.69, 9.17) is 9.15 Å². The average molecular weight is 565 g/mol. The van der Waals surface area contributed by atoms with Crippen molar-refractivity contribution >= 4 is 35.6 Å². The van der Waals surface area contributed by atoms with E-state index in [1.165, 1.54) is 50.2 Å². The van der Waals surface area contributed by atoms with E-state index in [1.54, 1.807) is 43.3 Å². The van der Waals surface area contributed by atoms with Crippen LogP contribution in [-0.4, -0.2) is 30.4 Å². The fourth-order valence-corrected chi connectivity index (χ4v) is 8.03. The number of nitrogens with one attached hydrogen (secondary N) is 1. The van der Waals surface area contributed by atoms with Gasteiger partial charge in [-0.05, 0) is 117 Å². The molecule has 2 aromatic carbocycles. The zero-order valence-electron chi connectivity index (χ0n) is 23.4. The molecular formula is C34H32N2O6. The van der Waals surface area contributed by atoms with Crippen LogP contribution in [0, 0.1) is 17.8 Å². The van der Waals surface area contributed by atoms with E-state index >= 15 is 0 Å². The molecule has 4 saturated carbocycles. The number of carbonyl (C=O) groups is 4. The second-order valence-electron chi connectivity index (χ2n) is 12.2. The molecule has 0 unspecified atom stereocenters. The number of urea groups is 1. The van der Waals surface area contributed by atoms with Crippen LogP contribution >= 0.6 is 0 Å². The van der Waals surface area contributed by atoms with Crippen molar-refractivity contribution in [1.82, 2.24) is 5.32 Å². The lowest BCUT2D eigenvalue weighted by Crippen LogP contribution is -2.54. The minimum absolute atomic E-state index is 0.196. The Hall–Kier alpha value is -4.46. The number of barbiturate groups is 1. The van der Waals surface area contributed by atoms with Crippen molar-refractivity contribution in [2.24, 2.45) is 17.8 Å². The Morgan fingerprint density at radius 2 is 1.57 bits per heavy atom. The lowest BCUT2D eigenvalue weighted by molar-refractivity contribution is -0.122. The van der Waals surface area contributed by atoms with Gasteiger partial charge in [0.05, 0.1) is 17.9 Å². The number of benzene rings is 2. The Morgan fingerprint density at radius 3 is 2.19 bits per heavy atom. The molecule has 0 radical (unpaired) electrons. The number of hydrogen-bond acceptors (Lipinski definition) is 6. The van der Waals surface area contributed by atoms with Crippen LogP contribution in [0.25, 0.3) is 17.4 Å². The highest BCUT2D eigenvalue weighted by Crippen LogP contribution is 2.60. The molecule has 1 aromatic heterocycles. The number of anilines is 1. The van der Waals surface area contributed by atoms with Gasteiger partial charge >= 0.3 is 12.0 Å². The highest BCUT2D eigenvalue weighted by Gasteiger charge is 2.51. The third kappa shape index (κ3) is 4.55. The smallest absolute Gasteiger partial charge is 0.338 e. The van der Waals surface area contributed by atoms with Gasteiger partial charge in [-0.25, -0.2) is 14.5 Å². The maximum absolute atomic E-state index is 13.5. The van der Waals surface area contributed by atoms with E-state index < -0.39 is 23.8 Å². The van der Waals surface area contributed by atoms with Crippen molar-refractivity contribution in [2.45, 2.75) is 50.9 Å². The fraction of sp³-hybridized carbons (Fsp3) is 0.353. The number of furan rings is 1. The van der Waals surface area contributed by atoms with Gasteiger partial charge in [0.25, 0.3) is 11.8 Å². The molecule has 2 heterocycles. The summed E-state index contributed by atoms with van der Waals surface area (Å²) in [7, 11) is 0. The highest BCUT2D eigenvalue weighted by atomic mass is 16.5. The summed E-state index contributed by atoms with van der Waals surface area (Å²) in [5, 5.41) is 2.29. The van der Waals surface area contributed by atoms with E-state index in [2.05, 4.69) is 17.4 Å². The SMILES string of the molecule is CCOC(=O)c1ccc(-c2ccc(/C=C3\C(=O)NC(=O)N(c4ccc(C56CC7CC(CC(C7)C5)C6)cc4)C3=O)o2)cc1. The van der Waals surface area contributed by atoms with E-state index in [0.29, 0.717) is 29.2 Å². The van der Waals surface area contributed by atoms with Crippen molar-refractivity contribution in [3.8, 4) is 11.3 Å². The lowest BCUT2D eigenvalue weighted by atomic mass is 9.48. The minimum Gasteiger partial charge on any atom is -0.462 e. The Kier molecular flexibility index (Phi) is 6.37.